The monoisotopic (exact) mass is 198 g/mol. The summed E-state index contributed by atoms with van der Waals surface area (Å²) in [5.74, 6) is 5.46. The Balaban J connectivity index is 5.07. The summed E-state index contributed by atoms with van der Waals surface area (Å²) < 4.78 is 0. The van der Waals surface area contributed by atoms with Crippen LogP contribution in [0.4, 0.5) is 0 Å². The van der Waals surface area contributed by atoms with E-state index in [0.717, 1.165) is 0 Å². The molecular weight excluding hydrogens is 176 g/mol. The van der Waals surface area contributed by atoms with Crippen LogP contribution in [0.15, 0.2) is 0 Å². The van der Waals surface area contributed by atoms with Crippen molar-refractivity contribution >= 4 is 0 Å². The molecule has 0 aromatic heterocycles. The fourth-order valence-electron chi connectivity index (χ4n) is 1.41. The minimum absolute atomic E-state index is 0.0359. The Morgan fingerprint density at radius 2 is 1.50 bits per heavy atom. The number of hydrogen-bond acceptors (Lipinski definition) is 2. The Morgan fingerprint density at radius 3 is 1.71 bits per heavy atom. The van der Waals surface area contributed by atoms with E-state index >= 15 is 0 Å². The summed E-state index contributed by atoms with van der Waals surface area (Å²) in [5.41, 5.74) is -1.37. The molecule has 0 spiro atoms. The van der Waals surface area contributed by atoms with Gasteiger partial charge in [0.2, 0.25) is 0 Å². The van der Waals surface area contributed by atoms with E-state index in [1.54, 1.807) is 6.92 Å². The Bertz CT molecular complexity index is 237. The number of hydrogen-bond donors (Lipinski definition) is 2. The standard InChI is InChI=1S/C12H22O2/c1-9(2)12(14,11(4,5)6)8-7-10(3)13/h9-10,13-14H,1-6H3. The summed E-state index contributed by atoms with van der Waals surface area (Å²) in [6.07, 6.45) is -0.692. The fraction of sp³-hybridized carbons (Fsp3) is 0.833. The van der Waals surface area contributed by atoms with Gasteiger partial charge in [-0.25, -0.2) is 0 Å². The van der Waals surface area contributed by atoms with Crippen molar-refractivity contribution < 1.29 is 10.2 Å². The van der Waals surface area contributed by atoms with Crippen LogP contribution < -0.4 is 0 Å². The molecule has 2 unspecified atom stereocenters. The lowest BCUT2D eigenvalue weighted by Gasteiger charge is -2.39. The molecule has 0 saturated carbocycles. The van der Waals surface area contributed by atoms with Gasteiger partial charge in [-0.15, -0.1) is 0 Å². The van der Waals surface area contributed by atoms with Crippen LogP contribution in [-0.2, 0) is 0 Å². The smallest absolute Gasteiger partial charge is 0.132 e. The molecule has 0 fully saturated rings. The highest BCUT2D eigenvalue weighted by molar-refractivity contribution is 5.20. The summed E-state index contributed by atoms with van der Waals surface area (Å²) in [5, 5.41) is 19.5. The zero-order chi connectivity index (χ0) is 11.6. The average Bonchev–Trinajstić information content (AvgIpc) is 1.97. The van der Waals surface area contributed by atoms with Gasteiger partial charge >= 0.3 is 0 Å². The van der Waals surface area contributed by atoms with Crippen molar-refractivity contribution in [2.75, 3.05) is 0 Å². The van der Waals surface area contributed by atoms with Crippen molar-refractivity contribution in [3.63, 3.8) is 0 Å². The van der Waals surface area contributed by atoms with Crippen molar-refractivity contribution in [3.8, 4) is 11.8 Å². The average molecular weight is 198 g/mol. The molecule has 14 heavy (non-hydrogen) atoms. The van der Waals surface area contributed by atoms with Crippen molar-refractivity contribution in [2.45, 2.75) is 53.2 Å². The minimum atomic E-state index is -1.05. The maximum atomic E-state index is 10.4. The molecule has 0 bridgehead atoms. The van der Waals surface area contributed by atoms with E-state index in [-0.39, 0.29) is 11.3 Å². The summed E-state index contributed by atoms with van der Waals surface area (Å²) in [6.45, 7) is 11.3. The van der Waals surface area contributed by atoms with E-state index in [0.29, 0.717) is 0 Å². The van der Waals surface area contributed by atoms with Gasteiger partial charge in [-0.05, 0) is 12.8 Å². The molecule has 2 atom stereocenters. The maximum absolute atomic E-state index is 10.4. The lowest BCUT2D eigenvalue weighted by molar-refractivity contribution is -0.0428. The van der Waals surface area contributed by atoms with Crippen LogP contribution in [0.1, 0.15) is 41.5 Å². The zero-order valence-corrected chi connectivity index (χ0v) is 10.0. The Kier molecular flexibility index (Phi) is 4.17. The SMILES string of the molecule is CC(O)C#CC(O)(C(C)C)C(C)(C)C. The molecule has 0 aliphatic carbocycles. The van der Waals surface area contributed by atoms with Gasteiger partial charge < -0.3 is 10.2 Å². The first-order valence-corrected chi connectivity index (χ1v) is 5.04. The second-order valence-electron chi connectivity index (χ2n) is 5.12. The van der Waals surface area contributed by atoms with E-state index in [4.69, 9.17) is 5.11 Å². The van der Waals surface area contributed by atoms with E-state index < -0.39 is 11.7 Å². The highest BCUT2D eigenvalue weighted by Gasteiger charge is 2.41. The van der Waals surface area contributed by atoms with E-state index in [1.807, 2.05) is 34.6 Å². The van der Waals surface area contributed by atoms with Crippen LogP contribution in [0.2, 0.25) is 0 Å². The molecule has 2 N–H and O–H groups in total. The van der Waals surface area contributed by atoms with Gasteiger partial charge in [0.25, 0.3) is 0 Å². The molecule has 0 aromatic rings. The van der Waals surface area contributed by atoms with E-state index in [2.05, 4.69) is 11.8 Å². The summed E-state index contributed by atoms with van der Waals surface area (Å²) in [6, 6.07) is 0. The second-order valence-corrected chi connectivity index (χ2v) is 5.12. The van der Waals surface area contributed by atoms with Gasteiger partial charge in [0.15, 0.2) is 0 Å². The molecule has 0 saturated heterocycles. The normalized spacial score (nSPS) is 18.4. The van der Waals surface area contributed by atoms with Gasteiger partial charge in [0, 0.05) is 5.41 Å². The third kappa shape index (κ3) is 3.01. The van der Waals surface area contributed by atoms with Crippen LogP contribution >= 0.6 is 0 Å². The highest BCUT2D eigenvalue weighted by atomic mass is 16.3. The van der Waals surface area contributed by atoms with E-state index in [9.17, 15) is 5.11 Å². The molecule has 82 valence electrons. The molecule has 0 aliphatic heterocycles. The first-order chi connectivity index (χ1) is 6.11. The highest BCUT2D eigenvalue weighted by Crippen LogP contribution is 2.35. The third-order valence-corrected chi connectivity index (χ3v) is 2.45. The maximum Gasteiger partial charge on any atom is 0.132 e. The number of aliphatic hydroxyl groups is 2. The predicted molar refractivity (Wildman–Crippen MR) is 58.7 cm³/mol. The first kappa shape index (κ1) is 13.5. The van der Waals surface area contributed by atoms with Gasteiger partial charge in [0.05, 0.1) is 0 Å². The molecule has 0 heterocycles. The van der Waals surface area contributed by atoms with Crippen LogP contribution in [0.3, 0.4) is 0 Å². The van der Waals surface area contributed by atoms with Gasteiger partial charge in [-0.1, -0.05) is 46.5 Å². The van der Waals surface area contributed by atoms with Crippen LogP contribution in [-0.4, -0.2) is 21.9 Å². The molecule has 0 radical (unpaired) electrons. The van der Waals surface area contributed by atoms with Crippen LogP contribution in [0.25, 0.3) is 0 Å². The first-order valence-electron chi connectivity index (χ1n) is 5.04. The van der Waals surface area contributed by atoms with Crippen molar-refractivity contribution in [1.29, 1.82) is 0 Å². The fourth-order valence-corrected chi connectivity index (χ4v) is 1.41. The molecule has 0 amide bonds. The summed E-state index contributed by atoms with van der Waals surface area (Å²) in [7, 11) is 0. The van der Waals surface area contributed by atoms with Crippen LogP contribution in [0, 0.1) is 23.2 Å². The molecule has 0 aromatic carbocycles. The topological polar surface area (TPSA) is 40.5 Å². The zero-order valence-electron chi connectivity index (χ0n) is 10.0. The Labute approximate surface area is 87.3 Å². The predicted octanol–water partition coefficient (Wildman–Crippen LogP) is 1.80. The number of aliphatic hydroxyl groups excluding tert-OH is 1. The lowest BCUT2D eigenvalue weighted by atomic mass is 9.70. The Hall–Kier alpha value is -0.520. The van der Waals surface area contributed by atoms with Gasteiger partial charge in [0.1, 0.15) is 11.7 Å². The lowest BCUT2D eigenvalue weighted by Crippen LogP contribution is -2.46. The largest absolute Gasteiger partial charge is 0.381 e. The molecule has 0 rings (SSSR count). The molecular formula is C12H22O2. The molecule has 2 heteroatoms. The van der Waals surface area contributed by atoms with Crippen LogP contribution in [0.5, 0.6) is 0 Å². The summed E-state index contributed by atoms with van der Waals surface area (Å²) >= 11 is 0. The third-order valence-electron chi connectivity index (χ3n) is 2.45. The number of rotatable bonds is 1. The van der Waals surface area contributed by atoms with Gasteiger partial charge in [-0.3, -0.25) is 0 Å². The van der Waals surface area contributed by atoms with Crippen molar-refractivity contribution in [1.82, 2.24) is 0 Å². The molecule has 0 aliphatic rings. The van der Waals surface area contributed by atoms with E-state index in [1.165, 1.54) is 0 Å². The summed E-state index contributed by atoms with van der Waals surface area (Å²) in [4.78, 5) is 0. The van der Waals surface area contributed by atoms with Gasteiger partial charge in [-0.2, -0.15) is 0 Å². The quantitative estimate of drug-likeness (QED) is 0.631. The Morgan fingerprint density at radius 1 is 1.07 bits per heavy atom. The minimum Gasteiger partial charge on any atom is -0.381 e. The second kappa shape index (κ2) is 4.33. The van der Waals surface area contributed by atoms with Crippen molar-refractivity contribution in [3.05, 3.63) is 0 Å². The molecule has 2 nitrogen and oxygen atoms in total. The van der Waals surface area contributed by atoms with Crippen molar-refractivity contribution in [2.24, 2.45) is 11.3 Å².